The van der Waals surface area contributed by atoms with Gasteiger partial charge in [0.05, 0.1) is 10.3 Å². The van der Waals surface area contributed by atoms with Gasteiger partial charge in [-0.2, -0.15) is 0 Å². The second-order valence-electron chi connectivity index (χ2n) is 4.03. The highest BCUT2D eigenvalue weighted by molar-refractivity contribution is 6.31. The molecule has 1 aromatic heterocycles. The summed E-state index contributed by atoms with van der Waals surface area (Å²) in [6, 6.07) is 1.21. The molecule has 0 spiro atoms. The van der Waals surface area contributed by atoms with Crippen molar-refractivity contribution in [1.82, 2.24) is 4.98 Å². The molecule has 6 nitrogen and oxygen atoms in total. The molecule has 0 amide bonds. The number of pyridine rings is 1. The van der Waals surface area contributed by atoms with Crippen molar-refractivity contribution >= 4 is 23.3 Å². The first-order valence-corrected chi connectivity index (χ1v) is 5.39. The Morgan fingerprint density at radius 2 is 2.24 bits per heavy atom. The van der Waals surface area contributed by atoms with Gasteiger partial charge in [0.25, 0.3) is 0 Å². The van der Waals surface area contributed by atoms with E-state index >= 15 is 0 Å². The first-order chi connectivity index (χ1) is 7.97. The summed E-state index contributed by atoms with van der Waals surface area (Å²) in [4.78, 5) is 25.0. The fourth-order valence-electron chi connectivity index (χ4n) is 1.98. The Hall–Kier alpha value is -1.69. The van der Waals surface area contributed by atoms with Crippen molar-refractivity contribution in [2.75, 3.05) is 0 Å². The maximum Gasteiger partial charge on any atom is 0.314 e. The van der Waals surface area contributed by atoms with Gasteiger partial charge >= 0.3 is 11.7 Å². The fraction of sp³-hybridized carbons (Fsp3) is 0.400. The number of carboxylic acid groups (broad SMARTS) is 1. The Morgan fingerprint density at radius 3 is 2.65 bits per heavy atom. The number of halogens is 1. The molecule has 1 heterocycles. The van der Waals surface area contributed by atoms with E-state index in [0.717, 1.165) is 6.42 Å². The van der Waals surface area contributed by atoms with E-state index in [1.54, 1.807) is 0 Å². The van der Waals surface area contributed by atoms with Crippen molar-refractivity contribution in [2.45, 2.75) is 24.7 Å². The Kier molecular flexibility index (Phi) is 2.74. The predicted molar refractivity (Wildman–Crippen MR) is 59.1 cm³/mol. The zero-order valence-corrected chi connectivity index (χ0v) is 9.48. The molecule has 0 radical (unpaired) electrons. The van der Waals surface area contributed by atoms with Crippen molar-refractivity contribution in [3.63, 3.8) is 0 Å². The highest BCUT2D eigenvalue weighted by Crippen LogP contribution is 2.45. The molecule has 0 bridgehead atoms. The Balaban J connectivity index is 2.49. The molecule has 1 aliphatic rings. The van der Waals surface area contributed by atoms with Gasteiger partial charge in [0, 0.05) is 12.3 Å². The topological polar surface area (TPSA) is 93.3 Å². The molecule has 0 atom stereocenters. The standard InChI is InChI=1S/C10H9ClN2O4/c11-8-7(13(16)17)4-6(5-12-8)10(9(14)15)2-1-3-10/h4-5H,1-3H2,(H,14,15). The molecule has 0 saturated heterocycles. The van der Waals surface area contributed by atoms with Gasteiger partial charge in [-0.05, 0) is 18.4 Å². The Morgan fingerprint density at radius 1 is 1.59 bits per heavy atom. The fourth-order valence-corrected chi connectivity index (χ4v) is 2.15. The van der Waals surface area contributed by atoms with Crippen molar-refractivity contribution in [3.8, 4) is 0 Å². The minimum Gasteiger partial charge on any atom is -0.481 e. The number of nitro groups is 1. The lowest BCUT2D eigenvalue weighted by atomic mass is 9.65. The maximum atomic E-state index is 11.2. The largest absolute Gasteiger partial charge is 0.481 e. The molecule has 7 heteroatoms. The summed E-state index contributed by atoms with van der Waals surface area (Å²) < 4.78 is 0. The summed E-state index contributed by atoms with van der Waals surface area (Å²) in [5, 5.41) is 19.7. The number of aromatic nitrogens is 1. The van der Waals surface area contributed by atoms with Gasteiger partial charge in [-0.3, -0.25) is 14.9 Å². The van der Waals surface area contributed by atoms with Gasteiger partial charge in [0.15, 0.2) is 0 Å². The average molecular weight is 257 g/mol. The molecule has 1 fully saturated rings. The molecule has 1 N–H and O–H groups in total. The number of nitrogens with zero attached hydrogens (tertiary/aromatic N) is 2. The van der Waals surface area contributed by atoms with Gasteiger partial charge in [-0.15, -0.1) is 0 Å². The molecule has 1 saturated carbocycles. The van der Waals surface area contributed by atoms with Crippen LogP contribution in [-0.4, -0.2) is 21.0 Å². The van der Waals surface area contributed by atoms with Gasteiger partial charge in [-0.1, -0.05) is 18.0 Å². The number of aliphatic carboxylic acids is 1. The van der Waals surface area contributed by atoms with Crippen LogP contribution in [0.15, 0.2) is 12.3 Å². The Labute approximate surface area is 101 Å². The molecule has 1 aromatic rings. The van der Waals surface area contributed by atoms with Crippen LogP contribution >= 0.6 is 11.6 Å². The van der Waals surface area contributed by atoms with Crippen molar-refractivity contribution in [3.05, 3.63) is 33.1 Å². The van der Waals surface area contributed by atoms with Crippen LogP contribution in [0.3, 0.4) is 0 Å². The minimum atomic E-state index is -1.03. The molecule has 0 aromatic carbocycles. The third kappa shape index (κ3) is 1.74. The van der Waals surface area contributed by atoms with Crippen LogP contribution in [0.25, 0.3) is 0 Å². The summed E-state index contributed by atoms with van der Waals surface area (Å²) in [7, 11) is 0. The van der Waals surface area contributed by atoms with Crippen LogP contribution < -0.4 is 0 Å². The summed E-state index contributed by atoms with van der Waals surface area (Å²) in [6.07, 6.45) is 3.05. The monoisotopic (exact) mass is 256 g/mol. The quantitative estimate of drug-likeness (QED) is 0.508. The molecule has 90 valence electrons. The van der Waals surface area contributed by atoms with Crippen molar-refractivity contribution in [1.29, 1.82) is 0 Å². The van der Waals surface area contributed by atoms with E-state index < -0.39 is 16.3 Å². The average Bonchev–Trinajstić information content (AvgIpc) is 2.17. The summed E-state index contributed by atoms with van der Waals surface area (Å²) in [5.74, 6) is -0.970. The van der Waals surface area contributed by atoms with E-state index in [-0.39, 0.29) is 10.8 Å². The van der Waals surface area contributed by atoms with Crippen LogP contribution in [0, 0.1) is 10.1 Å². The van der Waals surface area contributed by atoms with Crippen LogP contribution in [0.2, 0.25) is 5.15 Å². The lowest BCUT2D eigenvalue weighted by Gasteiger charge is -2.37. The van der Waals surface area contributed by atoms with Gasteiger partial charge in [0.1, 0.15) is 0 Å². The first-order valence-electron chi connectivity index (χ1n) is 5.01. The number of carboxylic acids is 1. The SMILES string of the molecule is O=C(O)C1(c2cnc(Cl)c([N+](=O)[O-])c2)CCC1. The van der Waals surface area contributed by atoms with E-state index in [1.807, 2.05) is 0 Å². The summed E-state index contributed by atoms with van der Waals surface area (Å²) in [5.41, 5.74) is -1.02. The van der Waals surface area contributed by atoms with E-state index in [4.69, 9.17) is 11.6 Å². The maximum absolute atomic E-state index is 11.2. The normalized spacial score (nSPS) is 17.2. The van der Waals surface area contributed by atoms with Crippen molar-refractivity contribution < 1.29 is 14.8 Å². The molecule has 0 aliphatic heterocycles. The third-order valence-corrected chi connectivity index (χ3v) is 3.48. The van der Waals surface area contributed by atoms with Gasteiger partial charge in [-0.25, -0.2) is 4.98 Å². The zero-order chi connectivity index (χ0) is 12.6. The lowest BCUT2D eigenvalue weighted by molar-refractivity contribution is -0.385. The predicted octanol–water partition coefficient (Wildman–Crippen LogP) is 2.15. The van der Waals surface area contributed by atoms with Gasteiger partial charge < -0.3 is 5.11 Å². The molecular weight excluding hydrogens is 248 g/mol. The van der Waals surface area contributed by atoms with E-state index in [9.17, 15) is 20.0 Å². The van der Waals surface area contributed by atoms with E-state index in [2.05, 4.69) is 4.98 Å². The molecule has 1 aliphatic carbocycles. The molecule has 0 unspecified atom stereocenters. The van der Waals surface area contributed by atoms with E-state index in [1.165, 1.54) is 12.3 Å². The number of rotatable bonds is 3. The van der Waals surface area contributed by atoms with Crippen LogP contribution in [-0.2, 0) is 10.2 Å². The number of carbonyl (C=O) groups is 1. The molecule has 17 heavy (non-hydrogen) atoms. The summed E-state index contributed by atoms with van der Waals surface area (Å²) >= 11 is 5.58. The van der Waals surface area contributed by atoms with Gasteiger partial charge in [0.2, 0.25) is 5.15 Å². The lowest BCUT2D eigenvalue weighted by Crippen LogP contribution is -2.42. The van der Waals surface area contributed by atoms with Crippen LogP contribution in [0.4, 0.5) is 5.69 Å². The zero-order valence-electron chi connectivity index (χ0n) is 8.72. The summed E-state index contributed by atoms with van der Waals surface area (Å²) in [6.45, 7) is 0. The van der Waals surface area contributed by atoms with Crippen molar-refractivity contribution in [2.24, 2.45) is 0 Å². The highest BCUT2D eigenvalue weighted by Gasteiger charge is 2.47. The van der Waals surface area contributed by atoms with Crippen LogP contribution in [0.5, 0.6) is 0 Å². The first kappa shape index (κ1) is 11.8. The third-order valence-electron chi connectivity index (χ3n) is 3.19. The highest BCUT2D eigenvalue weighted by atomic mass is 35.5. The number of hydrogen-bond donors (Lipinski definition) is 1. The molecule has 2 rings (SSSR count). The second kappa shape index (κ2) is 3.96. The van der Waals surface area contributed by atoms with Crippen LogP contribution in [0.1, 0.15) is 24.8 Å². The second-order valence-corrected chi connectivity index (χ2v) is 4.39. The van der Waals surface area contributed by atoms with E-state index in [0.29, 0.717) is 18.4 Å². The minimum absolute atomic E-state index is 0.224. The molecular formula is C10H9ClN2O4. The number of hydrogen-bond acceptors (Lipinski definition) is 4. The Bertz CT molecular complexity index is 499. The smallest absolute Gasteiger partial charge is 0.314 e.